The lowest BCUT2D eigenvalue weighted by atomic mass is 10.0. The minimum absolute atomic E-state index is 0.143. The topological polar surface area (TPSA) is 105 Å². The molecule has 0 saturated carbocycles. The van der Waals surface area contributed by atoms with E-state index in [1.807, 2.05) is 24.3 Å². The van der Waals surface area contributed by atoms with Crippen LogP contribution in [0, 0.1) is 0 Å². The molecule has 5 N–H and O–H groups in total. The fourth-order valence-corrected chi connectivity index (χ4v) is 3.69. The van der Waals surface area contributed by atoms with Crippen LogP contribution in [0.2, 0.25) is 0 Å². The summed E-state index contributed by atoms with van der Waals surface area (Å²) in [5, 5.41) is 0. The maximum Gasteiger partial charge on any atom is 0.332 e. The molecule has 3 heterocycles. The molecule has 4 rings (SSSR count). The molecule has 0 spiro atoms. The van der Waals surface area contributed by atoms with Crippen LogP contribution in [-0.2, 0) is 13.0 Å². The number of piperidine rings is 1. The molecule has 1 unspecified atom stereocenters. The fraction of sp³-hybridized carbons (Fsp3) is 0.368. The molecule has 26 heavy (non-hydrogen) atoms. The number of nitrogens with zero attached hydrogens (tertiary/aromatic N) is 3. The molecule has 0 aliphatic carbocycles. The summed E-state index contributed by atoms with van der Waals surface area (Å²) < 4.78 is 1.56. The van der Waals surface area contributed by atoms with Gasteiger partial charge in [-0.05, 0) is 24.0 Å². The highest BCUT2D eigenvalue weighted by molar-refractivity contribution is 5.60. The zero-order valence-corrected chi connectivity index (χ0v) is 14.7. The number of hydrogen-bond acceptors (Lipinski definition) is 5. The predicted octanol–water partition coefficient (Wildman–Crippen LogP) is 1.000. The molecule has 2 aromatic heterocycles. The molecule has 3 aromatic rings. The van der Waals surface area contributed by atoms with E-state index in [4.69, 9.17) is 11.5 Å². The van der Waals surface area contributed by atoms with Gasteiger partial charge in [-0.2, -0.15) is 0 Å². The van der Waals surface area contributed by atoms with Crippen LogP contribution < -0.4 is 22.1 Å². The van der Waals surface area contributed by atoms with Gasteiger partial charge >= 0.3 is 5.69 Å². The first kappa shape index (κ1) is 16.8. The lowest BCUT2D eigenvalue weighted by Crippen LogP contribution is -2.43. The van der Waals surface area contributed by atoms with E-state index in [0.717, 1.165) is 54.1 Å². The van der Waals surface area contributed by atoms with Gasteiger partial charge in [-0.15, -0.1) is 0 Å². The van der Waals surface area contributed by atoms with Crippen LogP contribution in [0.4, 0.5) is 5.82 Å². The number of rotatable bonds is 4. The van der Waals surface area contributed by atoms with Crippen LogP contribution in [-0.4, -0.2) is 33.5 Å². The van der Waals surface area contributed by atoms with Gasteiger partial charge in [0.2, 0.25) is 0 Å². The third-order valence-corrected chi connectivity index (χ3v) is 5.11. The van der Waals surface area contributed by atoms with Crippen molar-refractivity contribution >= 4 is 11.3 Å². The van der Waals surface area contributed by atoms with Gasteiger partial charge in [0.05, 0.1) is 11.2 Å². The molecule has 1 aromatic carbocycles. The van der Waals surface area contributed by atoms with Crippen molar-refractivity contribution in [2.24, 2.45) is 11.5 Å². The molecule has 136 valence electrons. The van der Waals surface area contributed by atoms with Gasteiger partial charge < -0.3 is 16.4 Å². The highest BCUT2D eigenvalue weighted by atomic mass is 16.1. The summed E-state index contributed by atoms with van der Waals surface area (Å²) in [7, 11) is 0. The van der Waals surface area contributed by atoms with Crippen LogP contribution in [0.3, 0.4) is 0 Å². The quantitative estimate of drug-likeness (QED) is 0.650. The van der Waals surface area contributed by atoms with E-state index in [9.17, 15) is 4.79 Å². The van der Waals surface area contributed by atoms with Crippen LogP contribution in [0.25, 0.3) is 5.52 Å². The van der Waals surface area contributed by atoms with Crippen LogP contribution in [0.5, 0.6) is 0 Å². The van der Waals surface area contributed by atoms with Crippen molar-refractivity contribution in [1.82, 2.24) is 14.4 Å². The second-order valence-corrected chi connectivity index (χ2v) is 6.90. The first-order valence-electron chi connectivity index (χ1n) is 9.02. The van der Waals surface area contributed by atoms with Crippen LogP contribution in [0.1, 0.15) is 29.7 Å². The van der Waals surface area contributed by atoms with Gasteiger partial charge in [-0.3, -0.25) is 9.38 Å². The number of hydrogen-bond donors (Lipinski definition) is 3. The first-order valence-corrected chi connectivity index (χ1v) is 9.02. The van der Waals surface area contributed by atoms with Gasteiger partial charge in [-0.25, -0.2) is 9.78 Å². The number of fused-ring (bicyclic) bond motifs is 1. The van der Waals surface area contributed by atoms with Gasteiger partial charge in [-0.1, -0.05) is 24.3 Å². The maximum atomic E-state index is 12.5. The van der Waals surface area contributed by atoms with Gasteiger partial charge in [0.25, 0.3) is 0 Å². The SMILES string of the molecule is NCc1ccccc1Cc1ncn2c(=O)[nH]c(N3CCCC(N)C3)cc12. The Hall–Kier alpha value is -2.64. The molecule has 0 bridgehead atoms. The van der Waals surface area contributed by atoms with Crippen molar-refractivity contribution in [1.29, 1.82) is 0 Å². The van der Waals surface area contributed by atoms with E-state index in [1.165, 1.54) is 0 Å². The van der Waals surface area contributed by atoms with Crippen molar-refractivity contribution in [2.75, 3.05) is 18.0 Å². The fourth-order valence-electron chi connectivity index (χ4n) is 3.69. The highest BCUT2D eigenvalue weighted by Gasteiger charge is 2.19. The van der Waals surface area contributed by atoms with Crippen LogP contribution in [0.15, 0.2) is 41.5 Å². The lowest BCUT2D eigenvalue weighted by Gasteiger charge is -2.32. The van der Waals surface area contributed by atoms with Crippen molar-refractivity contribution in [3.63, 3.8) is 0 Å². The number of nitrogens with two attached hydrogens (primary N) is 2. The average Bonchev–Trinajstić information content (AvgIpc) is 3.05. The molecule has 1 saturated heterocycles. The largest absolute Gasteiger partial charge is 0.356 e. The van der Waals surface area contributed by atoms with Gasteiger partial charge in [0, 0.05) is 38.2 Å². The summed E-state index contributed by atoms with van der Waals surface area (Å²) in [6.07, 6.45) is 4.29. The molecule has 7 heteroatoms. The highest BCUT2D eigenvalue weighted by Crippen LogP contribution is 2.21. The second-order valence-electron chi connectivity index (χ2n) is 6.90. The minimum Gasteiger partial charge on any atom is -0.356 e. The summed E-state index contributed by atoms with van der Waals surface area (Å²) >= 11 is 0. The Morgan fingerprint density at radius 3 is 2.85 bits per heavy atom. The molecule has 7 nitrogen and oxygen atoms in total. The average molecular weight is 352 g/mol. The molecular weight excluding hydrogens is 328 g/mol. The number of benzene rings is 1. The summed E-state index contributed by atoms with van der Waals surface area (Å²) in [5.74, 6) is 0.812. The Morgan fingerprint density at radius 2 is 2.08 bits per heavy atom. The molecule has 0 radical (unpaired) electrons. The van der Waals surface area contributed by atoms with E-state index >= 15 is 0 Å². The number of imidazole rings is 1. The first-order chi connectivity index (χ1) is 12.7. The number of anilines is 1. The third-order valence-electron chi connectivity index (χ3n) is 5.11. The van der Waals surface area contributed by atoms with E-state index in [2.05, 4.69) is 20.9 Å². The van der Waals surface area contributed by atoms with E-state index in [1.54, 1.807) is 10.7 Å². The second kappa shape index (κ2) is 6.93. The van der Waals surface area contributed by atoms with Gasteiger partial charge in [0.15, 0.2) is 0 Å². The van der Waals surface area contributed by atoms with Crippen molar-refractivity contribution in [2.45, 2.75) is 31.8 Å². The van der Waals surface area contributed by atoms with E-state index in [-0.39, 0.29) is 11.7 Å². The number of aromatic amines is 1. The van der Waals surface area contributed by atoms with Crippen molar-refractivity contribution in [3.8, 4) is 0 Å². The zero-order valence-electron chi connectivity index (χ0n) is 14.7. The molecule has 0 amide bonds. The molecule has 1 atom stereocenters. The lowest BCUT2D eigenvalue weighted by molar-refractivity contribution is 0.502. The standard InChI is InChI=1S/C19H24N6O/c20-10-14-5-2-1-4-13(14)8-16-17-9-18(23-19(26)25(17)12-22-16)24-7-3-6-15(21)11-24/h1-2,4-5,9,12,15H,3,6-8,10-11,20-21H2,(H,23,26). The molecule has 1 aliphatic rings. The maximum absolute atomic E-state index is 12.5. The van der Waals surface area contributed by atoms with E-state index < -0.39 is 0 Å². The van der Waals surface area contributed by atoms with Crippen LogP contribution >= 0.6 is 0 Å². The summed E-state index contributed by atoms with van der Waals surface area (Å²) in [5.41, 5.74) is 15.7. The third kappa shape index (κ3) is 3.11. The Morgan fingerprint density at radius 1 is 1.27 bits per heavy atom. The summed E-state index contributed by atoms with van der Waals surface area (Å²) in [6.45, 7) is 2.14. The van der Waals surface area contributed by atoms with Gasteiger partial charge in [0.1, 0.15) is 12.1 Å². The Kier molecular flexibility index (Phi) is 4.48. The molecule has 1 fully saturated rings. The zero-order chi connectivity index (χ0) is 18.1. The van der Waals surface area contributed by atoms with Crippen molar-refractivity contribution < 1.29 is 0 Å². The van der Waals surface area contributed by atoms with Crippen molar-refractivity contribution in [3.05, 3.63) is 64.0 Å². The Labute approximate surface area is 151 Å². The number of H-pyrrole nitrogens is 1. The molecule has 1 aliphatic heterocycles. The Balaban J connectivity index is 1.73. The molecular formula is C19H24N6O. The summed E-state index contributed by atoms with van der Waals surface area (Å²) in [6, 6.07) is 10.2. The van der Waals surface area contributed by atoms with E-state index in [0.29, 0.717) is 13.0 Å². The number of nitrogens with one attached hydrogen (secondary N) is 1. The smallest absolute Gasteiger partial charge is 0.332 e. The minimum atomic E-state index is -0.178. The normalized spacial score (nSPS) is 17.8. The summed E-state index contributed by atoms with van der Waals surface area (Å²) in [4.78, 5) is 22.1. The Bertz CT molecular complexity index is 976. The monoisotopic (exact) mass is 352 g/mol. The number of aromatic nitrogens is 3. The predicted molar refractivity (Wildman–Crippen MR) is 102 cm³/mol.